The highest BCUT2D eigenvalue weighted by Gasteiger charge is 2.20. The van der Waals surface area contributed by atoms with Gasteiger partial charge in [0.15, 0.2) is 0 Å². The minimum atomic E-state index is -0.323. The lowest BCUT2D eigenvalue weighted by Crippen LogP contribution is -2.38. The highest BCUT2D eigenvalue weighted by Crippen LogP contribution is 2.13. The van der Waals surface area contributed by atoms with Crippen LogP contribution >= 0.6 is 0 Å². The van der Waals surface area contributed by atoms with Crippen LogP contribution in [0.3, 0.4) is 0 Å². The van der Waals surface area contributed by atoms with E-state index in [9.17, 15) is 9.59 Å². The summed E-state index contributed by atoms with van der Waals surface area (Å²) in [4.78, 5) is 25.3. The first-order chi connectivity index (χ1) is 10.5. The zero-order valence-electron chi connectivity index (χ0n) is 13.8. The average molecular weight is 307 g/mol. The minimum Gasteiger partial charge on any atom is -0.497 e. The van der Waals surface area contributed by atoms with Crippen LogP contribution in [-0.2, 0) is 20.7 Å². The molecule has 22 heavy (non-hydrogen) atoms. The van der Waals surface area contributed by atoms with Gasteiger partial charge >= 0.3 is 5.97 Å². The van der Waals surface area contributed by atoms with Gasteiger partial charge in [0.2, 0.25) is 5.91 Å². The molecule has 1 aromatic carbocycles. The molecule has 0 aliphatic rings. The number of carbonyl (C=O) groups excluding carboxylic acids is 2. The first-order valence-corrected chi connectivity index (χ1v) is 7.50. The fourth-order valence-corrected chi connectivity index (χ4v) is 2.20. The number of rotatable bonds is 8. The molecule has 1 atom stereocenters. The molecule has 0 saturated carbocycles. The van der Waals surface area contributed by atoms with Crippen LogP contribution in [0.5, 0.6) is 5.75 Å². The summed E-state index contributed by atoms with van der Waals surface area (Å²) in [5.41, 5.74) is 1.13. The zero-order valence-corrected chi connectivity index (χ0v) is 13.8. The number of esters is 1. The van der Waals surface area contributed by atoms with Gasteiger partial charge in [0.25, 0.3) is 0 Å². The highest BCUT2D eigenvalue weighted by molar-refractivity contribution is 5.77. The fourth-order valence-electron chi connectivity index (χ4n) is 2.20. The molecule has 0 aromatic heterocycles. The van der Waals surface area contributed by atoms with E-state index in [0.717, 1.165) is 17.7 Å². The van der Waals surface area contributed by atoms with Gasteiger partial charge < -0.3 is 14.4 Å². The van der Waals surface area contributed by atoms with Crippen molar-refractivity contribution in [2.45, 2.75) is 26.7 Å². The smallest absolute Gasteiger partial charge is 0.310 e. The monoisotopic (exact) mass is 307 g/mol. The van der Waals surface area contributed by atoms with Crippen LogP contribution in [0.4, 0.5) is 0 Å². The SMILES string of the molecule is CCC(=O)N(CCc1ccc(OC)cc1)CC(C)C(=O)OC. The van der Waals surface area contributed by atoms with E-state index in [0.29, 0.717) is 19.5 Å². The largest absolute Gasteiger partial charge is 0.497 e. The van der Waals surface area contributed by atoms with Gasteiger partial charge in [-0.05, 0) is 24.1 Å². The Labute approximate surface area is 132 Å². The zero-order chi connectivity index (χ0) is 16.5. The second-order valence-electron chi connectivity index (χ2n) is 5.22. The van der Waals surface area contributed by atoms with E-state index in [4.69, 9.17) is 9.47 Å². The number of benzene rings is 1. The third-order valence-electron chi connectivity index (χ3n) is 3.58. The first kappa shape index (κ1) is 18.0. The van der Waals surface area contributed by atoms with Crippen molar-refractivity contribution in [3.8, 4) is 5.75 Å². The third-order valence-corrected chi connectivity index (χ3v) is 3.58. The van der Waals surface area contributed by atoms with E-state index in [1.165, 1.54) is 7.11 Å². The summed E-state index contributed by atoms with van der Waals surface area (Å²) in [6, 6.07) is 7.77. The van der Waals surface area contributed by atoms with Crippen LogP contribution in [-0.4, -0.2) is 44.1 Å². The average Bonchev–Trinajstić information content (AvgIpc) is 2.57. The summed E-state index contributed by atoms with van der Waals surface area (Å²) in [5, 5.41) is 0. The predicted octanol–water partition coefficient (Wildman–Crippen LogP) is 2.29. The summed E-state index contributed by atoms with van der Waals surface area (Å²) >= 11 is 0. The fraction of sp³-hybridized carbons (Fsp3) is 0.529. The van der Waals surface area contributed by atoms with E-state index in [1.54, 1.807) is 18.9 Å². The molecule has 1 unspecified atom stereocenters. The van der Waals surface area contributed by atoms with Crippen molar-refractivity contribution < 1.29 is 19.1 Å². The molecule has 1 aromatic rings. The van der Waals surface area contributed by atoms with Crippen molar-refractivity contribution in [2.24, 2.45) is 5.92 Å². The van der Waals surface area contributed by atoms with E-state index in [1.807, 2.05) is 31.2 Å². The van der Waals surface area contributed by atoms with Crippen molar-refractivity contribution in [3.05, 3.63) is 29.8 Å². The standard InChI is InChI=1S/C17H25NO4/c1-5-16(19)18(12-13(2)17(20)22-4)11-10-14-6-8-15(21-3)9-7-14/h6-9,13H,5,10-12H2,1-4H3. The van der Waals surface area contributed by atoms with Crippen LogP contribution in [0.25, 0.3) is 0 Å². The first-order valence-electron chi connectivity index (χ1n) is 7.50. The Kier molecular flexibility index (Phi) is 7.43. The van der Waals surface area contributed by atoms with Crippen molar-refractivity contribution in [1.29, 1.82) is 0 Å². The van der Waals surface area contributed by atoms with Crippen LogP contribution in [0.1, 0.15) is 25.8 Å². The van der Waals surface area contributed by atoms with Crippen LogP contribution in [0, 0.1) is 5.92 Å². The molecule has 0 bridgehead atoms. The molecule has 0 radical (unpaired) electrons. The predicted molar refractivity (Wildman–Crippen MR) is 84.7 cm³/mol. The quantitative estimate of drug-likeness (QED) is 0.691. The maximum Gasteiger partial charge on any atom is 0.310 e. The second-order valence-corrected chi connectivity index (χ2v) is 5.22. The van der Waals surface area contributed by atoms with Crippen LogP contribution < -0.4 is 4.74 Å². The Morgan fingerprint density at radius 3 is 2.32 bits per heavy atom. The number of nitrogens with zero attached hydrogens (tertiary/aromatic N) is 1. The van der Waals surface area contributed by atoms with Crippen LogP contribution in [0.2, 0.25) is 0 Å². The van der Waals surface area contributed by atoms with Gasteiger partial charge in [-0.15, -0.1) is 0 Å². The van der Waals surface area contributed by atoms with Gasteiger partial charge in [-0.2, -0.15) is 0 Å². The number of amides is 1. The Balaban J connectivity index is 2.64. The van der Waals surface area contributed by atoms with Gasteiger partial charge in [0, 0.05) is 19.5 Å². The van der Waals surface area contributed by atoms with Crippen molar-refractivity contribution in [3.63, 3.8) is 0 Å². The molecule has 0 spiro atoms. The Hall–Kier alpha value is -2.04. The van der Waals surface area contributed by atoms with Crippen LogP contribution in [0.15, 0.2) is 24.3 Å². The Bertz CT molecular complexity index is 484. The van der Waals surface area contributed by atoms with Crippen molar-refractivity contribution >= 4 is 11.9 Å². The lowest BCUT2D eigenvalue weighted by Gasteiger charge is -2.24. The van der Waals surface area contributed by atoms with Gasteiger partial charge in [0.1, 0.15) is 5.75 Å². The lowest BCUT2D eigenvalue weighted by atomic mass is 10.1. The van der Waals surface area contributed by atoms with Gasteiger partial charge in [-0.3, -0.25) is 9.59 Å². The molecule has 1 amide bonds. The molecule has 0 aliphatic carbocycles. The summed E-state index contributed by atoms with van der Waals surface area (Å²) in [6.45, 7) is 4.57. The Morgan fingerprint density at radius 1 is 1.18 bits per heavy atom. The van der Waals surface area contributed by atoms with E-state index in [-0.39, 0.29) is 17.8 Å². The molecular formula is C17H25NO4. The lowest BCUT2D eigenvalue weighted by molar-refractivity contribution is -0.146. The summed E-state index contributed by atoms with van der Waals surface area (Å²) < 4.78 is 9.85. The third kappa shape index (κ3) is 5.39. The van der Waals surface area contributed by atoms with E-state index in [2.05, 4.69) is 0 Å². The Morgan fingerprint density at radius 2 is 1.82 bits per heavy atom. The maximum absolute atomic E-state index is 12.0. The van der Waals surface area contributed by atoms with E-state index >= 15 is 0 Å². The summed E-state index contributed by atoms with van der Waals surface area (Å²) in [5.74, 6) is 0.239. The van der Waals surface area contributed by atoms with Crippen molar-refractivity contribution in [2.75, 3.05) is 27.3 Å². The van der Waals surface area contributed by atoms with Crippen molar-refractivity contribution in [1.82, 2.24) is 4.90 Å². The number of methoxy groups -OCH3 is 2. The van der Waals surface area contributed by atoms with E-state index < -0.39 is 0 Å². The summed E-state index contributed by atoms with van der Waals surface area (Å²) in [6.07, 6.45) is 1.17. The summed E-state index contributed by atoms with van der Waals surface area (Å²) in [7, 11) is 2.99. The molecule has 122 valence electrons. The second kappa shape index (κ2) is 9.07. The van der Waals surface area contributed by atoms with Gasteiger partial charge in [-0.25, -0.2) is 0 Å². The molecule has 5 nitrogen and oxygen atoms in total. The maximum atomic E-state index is 12.0. The molecule has 5 heteroatoms. The topological polar surface area (TPSA) is 55.8 Å². The number of hydrogen-bond acceptors (Lipinski definition) is 4. The number of ether oxygens (including phenoxy) is 2. The number of carbonyl (C=O) groups is 2. The van der Waals surface area contributed by atoms with Gasteiger partial charge in [-0.1, -0.05) is 26.0 Å². The number of hydrogen-bond donors (Lipinski definition) is 0. The molecule has 0 aliphatic heterocycles. The molecule has 0 heterocycles. The normalized spacial score (nSPS) is 11.6. The molecule has 0 saturated heterocycles. The molecule has 0 N–H and O–H groups in total. The minimum absolute atomic E-state index is 0.0456. The van der Waals surface area contributed by atoms with Gasteiger partial charge in [0.05, 0.1) is 20.1 Å². The molecule has 1 rings (SSSR count). The highest BCUT2D eigenvalue weighted by atomic mass is 16.5. The molecule has 0 fully saturated rings. The molecular weight excluding hydrogens is 282 g/mol.